The monoisotopic (exact) mass is 109 g/mol. The van der Waals surface area contributed by atoms with Gasteiger partial charge in [0, 0.05) is 0 Å². The van der Waals surface area contributed by atoms with E-state index in [0.29, 0.717) is 5.92 Å². The Labute approximate surface area is 51.6 Å². The first-order valence-electron chi connectivity index (χ1n) is 3.29. The Kier molecular flexibility index (Phi) is 1.72. The molecule has 1 fully saturated rings. The zero-order chi connectivity index (χ0) is 5.98. The fourth-order valence-corrected chi connectivity index (χ4v) is 1.09. The summed E-state index contributed by atoms with van der Waals surface area (Å²) in [5.74, 6) is 0.709. The highest BCUT2D eigenvalue weighted by atomic mass is 14.1. The van der Waals surface area contributed by atoms with Gasteiger partial charge in [0.05, 0.1) is 0 Å². The lowest BCUT2D eigenvalue weighted by atomic mass is 9.88. The van der Waals surface area contributed by atoms with E-state index >= 15 is 0 Å². The van der Waals surface area contributed by atoms with Crippen LogP contribution in [0.25, 0.3) is 0 Å². The van der Waals surface area contributed by atoms with Gasteiger partial charge in [-0.3, -0.25) is 0 Å². The third-order valence-electron chi connectivity index (χ3n) is 1.81. The second-order valence-corrected chi connectivity index (χ2v) is 2.69. The van der Waals surface area contributed by atoms with Crippen molar-refractivity contribution >= 4 is 0 Å². The van der Waals surface area contributed by atoms with Crippen LogP contribution >= 0.6 is 0 Å². The van der Waals surface area contributed by atoms with Gasteiger partial charge in [-0.15, -0.1) is 0 Å². The minimum atomic E-state index is 0.709. The first-order valence-corrected chi connectivity index (χ1v) is 3.29. The lowest BCUT2D eigenvalue weighted by molar-refractivity contribution is 0.486. The van der Waals surface area contributed by atoms with Crippen LogP contribution in [-0.2, 0) is 0 Å². The molecule has 0 atom stereocenters. The molecule has 0 aliphatic heterocycles. The van der Waals surface area contributed by atoms with Crippen molar-refractivity contribution in [3.05, 3.63) is 19.1 Å². The molecule has 0 bridgehead atoms. The number of rotatable bonds is 0. The zero-order valence-corrected chi connectivity index (χ0v) is 5.32. The summed E-state index contributed by atoms with van der Waals surface area (Å²) in [4.78, 5) is 0. The van der Waals surface area contributed by atoms with Crippen LogP contribution in [-0.4, -0.2) is 0 Å². The molecule has 0 spiro atoms. The lowest BCUT2D eigenvalue weighted by Crippen LogP contribution is -2.02. The normalized spacial score (nSPS) is 23.9. The Bertz CT molecular complexity index is 82.2. The van der Waals surface area contributed by atoms with Crippen molar-refractivity contribution in [3.8, 4) is 0 Å². The van der Waals surface area contributed by atoms with Gasteiger partial charge in [0.1, 0.15) is 0 Å². The molecule has 0 unspecified atom stereocenters. The Morgan fingerprint density at radius 1 is 1.25 bits per heavy atom. The molecule has 0 heteroatoms. The average molecular weight is 109 g/mol. The van der Waals surface area contributed by atoms with Crippen LogP contribution in [0.1, 0.15) is 25.7 Å². The van der Waals surface area contributed by atoms with E-state index in [1.54, 1.807) is 0 Å². The summed E-state index contributed by atoms with van der Waals surface area (Å²) in [5.41, 5.74) is 1.42. The van der Waals surface area contributed by atoms with Gasteiger partial charge in [-0.25, -0.2) is 0 Å². The van der Waals surface area contributed by atoms with E-state index in [1.807, 2.05) is 0 Å². The highest BCUT2D eigenvalue weighted by molar-refractivity contribution is 4.98. The molecule has 1 saturated carbocycles. The van der Waals surface area contributed by atoms with E-state index in [0.717, 1.165) is 0 Å². The van der Waals surface area contributed by atoms with Crippen LogP contribution in [0.15, 0.2) is 12.2 Å². The van der Waals surface area contributed by atoms with Crippen molar-refractivity contribution in [3.63, 3.8) is 0 Å². The lowest BCUT2D eigenvalue weighted by Gasteiger charge is -2.18. The highest BCUT2D eigenvalue weighted by Crippen LogP contribution is 2.25. The molecule has 0 aromatic rings. The maximum atomic E-state index is 3.99. The molecule has 0 saturated heterocycles. The van der Waals surface area contributed by atoms with Crippen molar-refractivity contribution in [1.82, 2.24) is 0 Å². The van der Waals surface area contributed by atoms with Gasteiger partial charge >= 0.3 is 0 Å². The molecule has 0 nitrogen and oxygen atoms in total. The highest BCUT2D eigenvalue weighted by Gasteiger charge is 2.09. The fraction of sp³-hybridized carbons (Fsp3) is 0.625. The predicted molar refractivity (Wildman–Crippen MR) is 36.5 cm³/mol. The summed E-state index contributed by atoms with van der Waals surface area (Å²) < 4.78 is 0. The summed E-state index contributed by atoms with van der Waals surface area (Å²) in [6, 6.07) is 0. The summed E-state index contributed by atoms with van der Waals surface area (Å²) in [6.07, 6.45) is 4.96. The quantitative estimate of drug-likeness (QED) is 0.419. The first-order chi connectivity index (χ1) is 3.79. The standard InChI is InChI=1S/C8H13/c1-7-3-5-8(2)6-4-7/h7H,1-6H2. The Balaban J connectivity index is 2.29. The SMILES string of the molecule is [CH2]C1CCC(=C)CC1. The van der Waals surface area contributed by atoms with Crippen LogP contribution < -0.4 is 0 Å². The van der Waals surface area contributed by atoms with Gasteiger partial charge in [0.2, 0.25) is 0 Å². The molecule has 45 valence electrons. The maximum Gasteiger partial charge on any atom is -0.0320 e. The van der Waals surface area contributed by atoms with E-state index in [4.69, 9.17) is 0 Å². The van der Waals surface area contributed by atoms with Gasteiger partial charge in [0.25, 0.3) is 0 Å². The van der Waals surface area contributed by atoms with E-state index < -0.39 is 0 Å². The summed E-state index contributed by atoms with van der Waals surface area (Å²) in [5, 5.41) is 0. The van der Waals surface area contributed by atoms with Crippen LogP contribution in [0.4, 0.5) is 0 Å². The minimum absolute atomic E-state index is 0.709. The smallest absolute Gasteiger partial charge is 0.0320 e. The van der Waals surface area contributed by atoms with Gasteiger partial charge < -0.3 is 0 Å². The third kappa shape index (κ3) is 1.36. The van der Waals surface area contributed by atoms with Crippen LogP contribution in [0.5, 0.6) is 0 Å². The molecule has 0 heterocycles. The second-order valence-electron chi connectivity index (χ2n) is 2.69. The van der Waals surface area contributed by atoms with E-state index in [2.05, 4.69) is 13.5 Å². The molecular weight excluding hydrogens is 96.1 g/mol. The Morgan fingerprint density at radius 3 is 2.12 bits per heavy atom. The molecule has 0 aromatic heterocycles. The van der Waals surface area contributed by atoms with Crippen molar-refractivity contribution in [2.75, 3.05) is 0 Å². The van der Waals surface area contributed by atoms with E-state index in [1.165, 1.54) is 31.3 Å². The molecule has 1 aliphatic carbocycles. The van der Waals surface area contributed by atoms with Crippen molar-refractivity contribution in [2.45, 2.75) is 25.7 Å². The minimum Gasteiger partial charge on any atom is -0.0999 e. The second kappa shape index (κ2) is 2.34. The van der Waals surface area contributed by atoms with Gasteiger partial charge in [-0.2, -0.15) is 0 Å². The predicted octanol–water partition coefficient (Wildman–Crippen LogP) is 2.57. The van der Waals surface area contributed by atoms with Crippen molar-refractivity contribution in [1.29, 1.82) is 0 Å². The molecule has 1 rings (SSSR count). The Hall–Kier alpha value is -0.260. The maximum absolute atomic E-state index is 3.99. The van der Waals surface area contributed by atoms with Crippen LogP contribution in [0, 0.1) is 12.8 Å². The molecule has 1 aliphatic rings. The van der Waals surface area contributed by atoms with Gasteiger partial charge in [-0.1, -0.05) is 19.1 Å². The summed E-state index contributed by atoms with van der Waals surface area (Å²) >= 11 is 0. The average Bonchev–Trinajstić information content (AvgIpc) is 1.77. The molecule has 1 radical (unpaired) electrons. The van der Waals surface area contributed by atoms with E-state index in [-0.39, 0.29) is 0 Å². The van der Waals surface area contributed by atoms with Gasteiger partial charge in [0.15, 0.2) is 0 Å². The molecule has 0 amide bonds. The molecule has 0 aromatic carbocycles. The molecule has 0 N–H and O–H groups in total. The molecule has 8 heavy (non-hydrogen) atoms. The first kappa shape index (κ1) is 5.87. The van der Waals surface area contributed by atoms with Crippen molar-refractivity contribution in [2.24, 2.45) is 5.92 Å². The van der Waals surface area contributed by atoms with Crippen LogP contribution in [0.3, 0.4) is 0 Å². The third-order valence-corrected chi connectivity index (χ3v) is 1.81. The number of allylic oxidation sites excluding steroid dienone is 1. The largest absolute Gasteiger partial charge is 0.0999 e. The molecular formula is C8H13. The Morgan fingerprint density at radius 2 is 1.75 bits per heavy atom. The summed E-state index contributed by atoms with van der Waals surface area (Å²) in [7, 11) is 0. The van der Waals surface area contributed by atoms with Crippen LogP contribution in [0.2, 0.25) is 0 Å². The van der Waals surface area contributed by atoms with Crippen molar-refractivity contribution < 1.29 is 0 Å². The number of hydrogen-bond donors (Lipinski definition) is 0. The fourth-order valence-electron chi connectivity index (χ4n) is 1.09. The zero-order valence-electron chi connectivity index (χ0n) is 5.32. The summed E-state index contributed by atoms with van der Waals surface area (Å²) in [6.45, 7) is 7.91. The van der Waals surface area contributed by atoms with E-state index in [9.17, 15) is 0 Å². The number of hydrogen-bond acceptors (Lipinski definition) is 0. The van der Waals surface area contributed by atoms with Gasteiger partial charge in [-0.05, 0) is 31.6 Å². The topological polar surface area (TPSA) is 0 Å².